The number of nitrogens with zero attached hydrogens (tertiary/aromatic N) is 1. The van der Waals surface area contributed by atoms with Gasteiger partial charge in [0.1, 0.15) is 0 Å². The van der Waals surface area contributed by atoms with Crippen LogP contribution >= 0.6 is 0 Å². The molecule has 0 unspecified atom stereocenters. The van der Waals surface area contributed by atoms with Crippen LogP contribution in [-0.2, 0) is 19.7 Å². The van der Waals surface area contributed by atoms with Crippen LogP contribution in [0.3, 0.4) is 0 Å². The molecule has 2 fully saturated rings. The topological polar surface area (TPSA) is 105 Å². The monoisotopic (exact) mass is 364 g/mol. The number of hydrogen-bond donors (Lipinski definition) is 1. The van der Waals surface area contributed by atoms with Crippen molar-refractivity contribution in [2.24, 2.45) is 11.8 Å². The lowest BCUT2D eigenvalue weighted by atomic mass is 9.91. The largest absolute Gasteiger partial charge is 0.507 e. The predicted molar refractivity (Wildman–Crippen MR) is 88.8 cm³/mol. The Kier molecular flexibility index (Phi) is 5.87. The molecule has 134 valence electrons. The van der Waals surface area contributed by atoms with Gasteiger partial charge in [-0.25, -0.2) is 16.8 Å². The minimum Gasteiger partial charge on any atom is -0.507 e. The first-order valence-electron chi connectivity index (χ1n) is 8.54. The van der Waals surface area contributed by atoms with E-state index in [1.165, 1.54) is 0 Å². The van der Waals surface area contributed by atoms with Gasteiger partial charge in [0.25, 0.3) is 0 Å². The zero-order valence-electron chi connectivity index (χ0n) is 13.9. The Hall–Kier alpha value is -0.500. The standard InChI is InChI=1S/C15H28N2O4S2/c1-11-3-7-13(8-4-11)22(18,19)15(17-16)23(20,21)14-9-5-12(2)6-10-14/h11-15,17H,3-10H2,1-2H3. The molecule has 8 heteroatoms. The van der Waals surface area contributed by atoms with Crippen molar-refractivity contribution < 1.29 is 21.9 Å². The Labute approximate surface area is 139 Å². The summed E-state index contributed by atoms with van der Waals surface area (Å²) in [5, 5.41) is 0.264. The highest BCUT2D eigenvalue weighted by molar-refractivity contribution is 8.09. The summed E-state index contributed by atoms with van der Waals surface area (Å²) in [6, 6.07) is 0. The Balaban J connectivity index is 2.22. The summed E-state index contributed by atoms with van der Waals surface area (Å²) in [6.07, 6.45) is 5.01. The molecule has 0 amide bonds. The van der Waals surface area contributed by atoms with Crippen LogP contribution in [0.2, 0.25) is 0 Å². The molecule has 0 spiro atoms. The molecule has 1 N–H and O–H groups in total. The van der Waals surface area contributed by atoms with E-state index in [1.807, 2.05) is 0 Å². The average Bonchev–Trinajstić information content (AvgIpc) is 2.48. The lowest BCUT2D eigenvalue weighted by Gasteiger charge is -2.30. The molecule has 0 aromatic heterocycles. The molecular weight excluding hydrogens is 336 g/mol. The van der Waals surface area contributed by atoms with Crippen molar-refractivity contribution in [3.63, 3.8) is 0 Å². The smallest absolute Gasteiger partial charge is 0.340 e. The molecule has 0 atom stereocenters. The van der Waals surface area contributed by atoms with Gasteiger partial charge in [0.2, 0.25) is 19.7 Å². The first-order valence-corrected chi connectivity index (χ1v) is 11.8. The first kappa shape index (κ1) is 18.8. The van der Waals surface area contributed by atoms with Crippen molar-refractivity contribution in [1.82, 2.24) is 0 Å². The third kappa shape index (κ3) is 3.95. The Morgan fingerprint density at radius 3 is 1.30 bits per heavy atom. The number of rotatable bonds is 5. The molecule has 23 heavy (non-hydrogen) atoms. The van der Waals surface area contributed by atoms with Crippen molar-refractivity contribution in [2.75, 3.05) is 0 Å². The SMILES string of the molecule is CC1CCC(S(=O)(=O)C([NH+]=[N-])S(=O)(=O)C2CCC(C)CC2)CC1. The quantitative estimate of drug-likeness (QED) is 0.744. The fraction of sp³-hybridized carbons (Fsp3) is 1.00. The van der Waals surface area contributed by atoms with Crippen LogP contribution in [0.15, 0.2) is 0 Å². The van der Waals surface area contributed by atoms with E-state index in [-0.39, 0.29) is 0 Å². The molecule has 2 aliphatic rings. The van der Waals surface area contributed by atoms with Crippen LogP contribution in [-0.4, -0.2) is 32.0 Å². The van der Waals surface area contributed by atoms with Crippen LogP contribution in [0, 0.1) is 11.8 Å². The summed E-state index contributed by atoms with van der Waals surface area (Å²) in [4.78, 5) is 0. The van der Waals surface area contributed by atoms with Gasteiger partial charge in [0.05, 0.1) is 10.5 Å². The molecule has 0 bridgehead atoms. The van der Waals surface area contributed by atoms with Gasteiger partial charge in [0, 0.05) is 0 Å². The molecule has 2 saturated carbocycles. The molecule has 2 rings (SSSR count). The summed E-state index contributed by atoms with van der Waals surface area (Å²) < 4.78 is 49.2. The van der Waals surface area contributed by atoms with E-state index in [1.54, 1.807) is 5.11 Å². The normalized spacial score (nSPS) is 34.7. The average molecular weight is 365 g/mol. The van der Waals surface area contributed by atoms with Gasteiger partial charge >= 0.3 is 4.71 Å². The minimum absolute atomic E-state index is 0.471. The third-order valence-electron chi connectivity index (χ3n) is 5.56. The lowest BCUT2D eigenvalue weighted by molar-refractivity contribution is -0.475. The summed E-state index contributed by atoms with van der Waals surface area (Å²) in [5.41, 5.74) is 9.35. The van der Waals surface area contributed by atoms with E-state index in [2.05, 4.69) is 13.8 Å². The molecule has 0 radical (unpaired) electrons. The van der Waals surface area contributed by atoms with Crippen molar-refractivity contribution in [3.8, 4) is 0 Å². The van der Waals surface area contributed by atoms with Crippen molar-refractivity contribution in [2.45, 2.75) is 80.4 Å². The number of hydrogen-bond acceptors (Lipinski definition) is 4. The summed E-state index contributed by atoms with van der Waals surface area (Å²) >= 11 is 0. The molecule has 0 saturated heterocycles. The lowest BCUT2D eigenvalue weighted by Crippen LogP contribution is -2.79. The van der Waals surface area contributed by atoms with E-state index >= 15 is 0 Å². The van der Waals surface area contributed by atoms with E-state index in [9.17, 15) is 22.4 Å². The Morgan fingerprint density at radius 2 is 1.04 bits per heavy atom. The predicted octanol–water partition coefficient (Wildman–Crippen LogP) is 1.36. The van der Waals surface area contributed by atoms with Crippen LogP contribution in [0.25, 0.3) is 5.53 Å². The highest BCUT2D eigenvalue weighted by atomic mass is 32.3. The Bertz CT molecular complexity index is 562. The van der Waals surface area contributed by atoms with E-state index in [0.717, 1.165) is 25.7 Å². The van der Waals surface area contributed by atoms with Crippen LogP contribution in [0.5, 0.6) is 0 Å². The maximum Gasteiger partial charge on any atom is 0.340 e. The fourth-order valence-electron chi connectivity index (χ4n) is 3.80. The van der Waals surface area contributed by atoms with Crippen LogP contribution in [0.4, 0.5) is 0 Å². The van der Waals surface area contributed by atoms with Gasteiger partial charge in [-0.1, -0.05) is 13.8 Å². The van der Waals surface area contributed by atoms with Crippen molar-refractivity contribution in [1.29, 1.82) is 0 Å². The first-order chi connectivity index (χ1) is 10.7. The minimum atomic E-state index is -3.97. The highest BCUT2D eigenvalue weighted by Crippen LogP contribution is 2.33. The van der Waals surface area contributed by atoms with Gasteiger partial charge in [0.15, 0.2) is 0 Å². The third-order valence-corrected chi connectivity index (χ3v) is 11.4. The van der Waals surface area contributed by atoms with Gasteiger partial charge < -0.3 is 10.6 Å². The van der Waals surface area contributed by atoms with Crippen LogP contribution in [0.1, 0.15) is 65.2 Å². The van der Waals surface area contributed by atoms with Crippen LogP contribution < -0.4 is 5.11 Å². The van der Waals surface area contributed by atoms with E-state index in [0.29, 0.717) is 37.5 Å². The van der Waals surface area contributed by atoms with E-state index < -0.39 is 34.9 Å². The summed E-state index contributed by atoms with van der Waals surface area (Å²) in [7, 11) is -7.93. The Morgan fingerprint density at radius 1 is 0.739 bits per heavy atom. The van der Waals surface area contributed by atoms with Gasteiger partial charge in [-0.2, -0.15) is 0 Å². The van der Waals surface area contributed by atoms with E-state index in [4.69, 9.17) is 0 Å². The summed E-state index contributed by atoms with van der Waals surface area (Å²) in [5.74, 6) is 0.942. The second kappa shape index (κ2) is 7.17. The molecule has 6 nitrogen and oxygen atoms in total. The number of nitrogens with one attached hydrogen (secondary N) is 1. The molecule has 0 heterocycles. The molecule has 0 aromatic carbocycles. The summed E-state index contributed by atoms with van der Waals surface area (Å²) in [6.45, 7) is 4.15. The van der Waals surface area contributed by atoms with Gasteiger partial charge in [-0.05, 0) is 63.2 Å². The zero-order valence-corrected chi connectivity index (χ0v) is 15.6. The van der Waals surface area contributed by atoms with Gasteiger partial charge in [-0.3, -0.25) is 0 Å². The van der Waals surface area contributed by atoms with Crippen molar-refractivity contribution >= 4 is 19.7 Å². The number of sulfone groups is 2. The molecule has 0 aliphatic heterocycles. The molecule has 2 aliphatic carbocycles. The molecule has 0 aromatic rings. The zero-order chi connectivity index (χ0) is 17.3. The van der Waals surface area contributed by atoms with Crippen molar-refractivity contribution in [3.05, 3.63) is 5.53 Å². The molecular formula is C15H28N2O4S2. The van der Waals surface area contributed by atoms with Gasteiger partial charge in [-0.15, -0.1) is 0 Å². The fourth-order valence-corrected chi connectivity index (χ4v) is 9.09. The second-order valence-electron chi connectivity index (χ2n) is 7.40. The maximum absolute atomic E-state index is 12.8. The maximum atomic E-state index is 12.8. The highest BCUT2D eigenvalue weighted by Gasteiger charge is 2.49. The second-order valence-corrected chi connectivity index (χ2v) is 12.3.